The number of imidazole rings is 1. The largest absolute Gasteiger partial charge is 0.478 e. The first-order chi connectivity index (χ1) is 8.66. The number of ether oxygens (including phenoxy) is 1. The maximum atomic E-state index is 14.1. The molecule has 1 atom stereocenters. The van der Waals surface area contributed by atoms with Gasteiger partial charge in [0.05, 0.1) is 30.1 Å². The van der Waals surface area contributed by atoms with Crippen LogP contribution in [-0.2, 0) is 11.3 Å². The van der Waals surface area contributed by atoms with E-state index in [1.165, 1.54) is 18.5 Å². The highest BCUT2D eigenvalue weighted by atomic mass is 19.1. The highest BCUT2D eigenvalue weighted by molar-refractivity contribution is 5.93. The predicted octanol–water partition coefficient (Wildman–Crippen LogP) is 1.66. The van der Waals surface area contributed by atoms with Crippen molar-refractivity contribution < 1.29 is 19.0 Å². The molecule has 5 nitrogen and oxygen atoms in total. The first-order valence-corrected chi connectivity index (χ1v) is 5.65. The van der Waals surface area contributed by atoms with Crippen LogP contribution in [0.5, 0.6) is 0 Å². The van der Waals surface area contributed by atoms with Crippen molar-refractivity contribution in [3.8, 4) is 0 Å². The lowest BCUT2D eigenvalue weighted by Gasteiger charge is -2.26. The van der Waals surface area contributed by atoms with Gasteiger partial charge in [-0.15, -0.1) is 0 Å². The lowest BCUT2D eigenvalue weighted by Crippen LogP contribution is -2.31. The Balaban J connectivity index is 2.08. The van der Waals surface area contributed by atoms with Crippen LogP contribution in [0.3, 0.4) is 0 Å². The molecule has 0 aliphatic carbocycles. The highest BCUT2D eigenvalue weighted by Crippen LogP contribution is 2.23. The standard InChI is InChI=1S/C12H11FN2O3/c13-10-8(12(16)17)1-2-9-11(10)15(6-14-9)5-7-3-4-18-7/h1-2,6-7H,3-5H2,(H,16,17)/t7-/m0/s1. The molecule has 2 heterocycles. The average molecular weight is 250 g/mol. The minimum absolute atomic E-state index is 0.0651. The van der Waals surface area contributed by atoms with E-state index in [-0.39, 0.29) is 17.2 Å². The molecule has 1 aliphatic rings. The van der Waals surface area contributed by atoms with Crippen molar-refractivity contribution >= 4 is 17.0 Å². The number of carboxylic acids is 1. The van der Waals surface area contributed by atoms with Crippen molar-refractivity contribution in [1.82, 2.24) is 9.55 Å². The summed E-state index contributed by atoms with van der Waals surface area (Å²) < 4.78 is 21.0. The fourth-order valence-corrected chi connectivity index (χ4v) is 2.07. The van der Waals surface area contributed by atoms with Crippen LogP contribution in [0.25, 0.3) is 11.0 Å². The second kappa shape index (κ2) is 4.06. The maximum Gasteiger partial charge on any atom is 0.338 e. The molecule has 1 N–H and O–H groups in total. The third-order valence-corrected chi connectivity index (χ3v) is 3.14. The van der Waals surface area contributed by atoms with Gasteiger partial charge in [0.2, 0.25) is 0 Å². The highest BCUT2D eigenvalue weighted by Gasteiger charge is 2.22. The van der Waals surface area contributed by atoms with Gasteiger partial charge in [-0.05, 0) is 18.6 Å². The molecule has 94 valence electrons. The number of rotatable bonds is 3. The molecule has 0 saturated carbocycles. The summed E-state index contributed by atoms with van der Waals surface area (Å²) in [5, 5.41) is 8.90. The molecule has 0 unspecified atom stereocenters. The first-order valence-electron chi connectivity index (χ1n) is 5.65. The summed E-state index contributed by atoms with van der Waals surface area (Å²) in [7, 11) is 0. The Morgan fingerprint density at radius 3 is 3.00 bits per heavy atom. The summed E-state index contributed by atoms with van der Waals surface area (Å²) >= 11 is 0. The Morgan fingerprint density at radius 2 is 2.39 bits per heavy atom. The molecule has 0 bridgehead atoms. The summed E-state index contributed by atoms with van der Waals surface area (Å²) in [4.78, 5) is 15.0. The zero-order chi connectivity index (χ0) is 12.7. The minimum Gasteiger partial charge on any atom is -0.478 e. The molecule has 0 radical (unpaired) electrons. The normalized spacial score (nSPS) is 18.8. The first kappa shape index (κ1) is 11.2. The Bertz CT molecular complexity index is 619. The van der Waals surface area contributed by atoms with Crippen LogP contribution in [0.4, 0.5) is 4.39 Å². The molecule has 1 aromatic carbocycles. The number of carbonyl (C=O) groups is 1. The second-order valence-corrected chi connectivity index (χ2v) is 4.28. The Kier molecular flexibility index (Phi) is 2.52. The van der Waals surface area contributed by atoms with Crippen molar-refractivity contribution in [3.05, 3.63) is 29.8 Å². The summed E-state index contributed by atoms with van der Waals surface area (Å²) in [5.41, 5.74) is 0.348. The van der Waals surface area contributed by atoms with Crippen LogP contribution in [0.2, 0.25) is 0 Å². The molecule has 3 rings (SSSR count). The van der Waals surface area contributed by atoms with E-state index in [1.807, 2.05) is 0 Å². The van der Waals surface area contributed by atoms with E-state index in [0.29, 0.717) is 12.1 Å². The quantitative estimate of drug-likeness (QED) is 0.899. The number of nitrogens with zero attached hydrogens (tertiary/aromatic N) is 2. The van der Waals surface area contributed by atoms with Gasteiger partial charge in [-0.1, -0.05) is 0 Å². The molecule has 2 aromatic rings. The molecule has 1 saturated heterocycles. The van der Waals surface area contributed by atoms with Gasteiger partial charge >= 0.3 is 5.97 Å². The van der Waals surface area contributed by atoms with Crippen LogP contribution in [0, 0.1) is 5.82 Å². The van der Waals surface area contributed by atoms with Crippen molar-refractivity contribution in [3.63, 3.8) is 0 Å². The Labute approximate surface area is 102 Å². The monoisotopic (exact) mass is 250 g/mol. The smallest absolute Gasteiger partial charge is 0.338 e. The summed E-state index contributed by atoms with van der Waals surface area (Å²) in [5.74, 6) is -2.01. The van der Waals surface area contributed by atoms with Gasteiger partial charge in [-0.2, -0.15) is 0 Å². The summed E-state index contributed by atoms with van der Waals surface area (Å²) in [6.45, 7) is 1.22. The van der Waals surface area contributed by atoms with Gasteiger partial charge in [0, 0.05) is 6.61 Å². The van der Waals surface area contributed by atoms with E-state index in [1.54, 1.807) is 4.57 Å². The maximum absolute atomic E-state index is 14.1. The van der Waals surface area contributed by atoms with Gasteiger partial charge in [0.25, 0.3) is 0 Å². The number of hydrogen-bond donors (Lipinski definition) is 1. The van der Waals surface area contributed by atoms with E-state index in [0.717, 1.165) is 13.0 Å². The van der Waals surface area contributed by atoms with Gasteiger partial charge < -0.3 is 14.4 Å². The van der Waals surface area contributed by atoms with Crippen LogP contribution in [0.1, 0.15) is 16.8 Å². The van der Waals surface area contributed by atoms with Gasteiger partial charge in [-0.3, -0.25) is 0 Å². The zero-order valence-electron chi connectivity index (χ0n) is 9.47. The van der Waals surface area contributed by atoms with E-state index in [9.17, 15) is 9.18 Å². The van der Waals surface area contributed by atoms with E-state index in [2.05, 4.69) is 4.98 Å². The third-order valence-electron chi connectivity index (χ3n) is 3.14. The van der Waals surface area contributed by atoms with Crippen LogP contribution >= 0.6 is 0 Å². The molecule has 1 aromatic heterocycles. The van der Waals surface area contributed by atoms with Crippen molar-refractivity contribution in [2.45, 2.75) is 19.1 Å². The van der Waals surface area contributed by atoms with Gasteiger partial charge in [-0.25, -0.2) is 14.2 Å². The molecule has 1 fully saturated rings. The number of aromatic carboxylic acids is 1. The Hall–Kier alpha value is -1.95. The Morgan fingerprint density at radius 1 is 1.61 bits per heavy atom. The molecular weight excluding hydrogens is 239 g/mol. The molecule has 0 spiro atoms. The number of hydrogen-bond acceptors (Lipinski definition) is 3. The van der Waals surface area contributed by atoms with E-state index in [4.69, 9.17) is 9.84 Å². The van der Waals surface area contributed by atoms with Gasteiger partial charge in [0.15, 0.2) is 5.82 Å². The molecule has 18 heavy (non-hydrogen) atoms. The van der Waals surface area contributed by atoms with Crippen molar-refractivity contribution in [2.75, 3.05) is 6.61 Å². The fraction of sp³-hybridized carbons (Fsp3) is 0.333. The zero-order valence-corrected chi connectivity index (χ0v) is 9.47. The number of aromatic nitrogens is 2. The minimum atomic E-state index is -1.28. The van der Waals surface area contributed by atoms with E-state index < -0.39 is 11.8 Å². The molecular formula is C12H11FN2O3. The predicted molar refractivity (Wildman–Crippen MR) is 61.0 cm³/mol. The summed E-state index contributed by atoms with van der Waals surface area (Å²) in [6.07, 6.45) is 2.51. The third kappa shape index (κ3) is 1.65. The lowest BCUT2D eigenvalue weighted by atomic mass is 10.1. The van der Waals surface area contributed by atoms with Crippen LogP contribution < -0.4 is 0 Å². The molecule has 0 amide bonds. The average Bonchev–Trinajstić information content (AvgIpc) is 2.67. The number of fused-ring (bicyclic) bond motifs is 1. The van der Waals surface area contributed by atoms with E-state index >= 15 is 0 Å². The van der Waals surface area contributed by atoms with Gasteiger partial charge in [0.1, 0.15) is 5.52 Å². The fourth-order valence-electron chi connectivity index (χ4n) is 2.07. The number of carboxylic acid groups (broad SMARTS) is 1. The molecule has 1 aliphatic heterocycles. The van der Waals surface area contributed by atoms with Crippen LogP contribution in [0.15, 0.2) is 18.5 Å². The SMILES string of the molecule is O=C(O)c1ccc2ncn(C[C@@H]3CCO3)c2c1F. The topological polar surface area (TPSA) is 64.3 Å². The summed E-state index contributed by atoms with van der Waals surface area (Å²) in [6, 6.07) is 2.75. The lowest BCUT2D eigenvalue weighted by molar-refractivity contribution is -0.0587. The van der Waals surface area contributed by atoms with Crippen molar-refractivity contribution in [1.29, 1.82) is 0 Å². The number of halogens is 1. The van der Waals surface area contributed by atoms with Crippen LogP contribution in [-0.4, -0.2) is 33.3 Å². The van der Waals surface area contributed by atoms with Crippen molar-refractivity contribution in [2.24, 2.45) is 0 Å². The number of benzene rings is 1. The second-order valence-electron chi connectivity index (χ2n) is 4.28. The molecule has 6 heteroatoms.